The molecule has 0 unspecified atom stereocenters. The van der Waals surface area contributed by atoms with Gasteiger partial charge in [-0.1, -0.05) is 48.5 Å². The maximum Gasteiger partial charge on any atom is 0.316 e. The van der Waals surface area contributed by atoms with E-state index in [0.717, 1.165) is 13.2 Å². The lowest BCUT2D eigenvalue weighted by Gasteiger charge is -2.00. The van der Waals surface area contributed by atoms with Crippen LogP contribution in [0, 0.1) is 0 Å². The van der Waals surface area contributed by atoms with Crippen LogP contribution >= 0.6 is 0 Å². The van der Waals surface area contributed by atoms with Gasteiger partial charge in [0.05, 0.1) is 0 Å². The van der Waals surface area contributed by atoms with Crippen molar-refractivity contribution in [3.8, 4) is 0 Å². The van der Waals surface area contributed by atoms with Crippen molar-refractivity contribution < 1.29 is 4.74 Å². The molecule has 1 aliphatic heterocycles. The van der Waals surface area contributed by atoms with Crippen LogP contribution in [0.15, 0.2) is 60.7 Å². The molecule has 1 heterocycles. The zero-order valence-corrected chi connectivity index (χ0v) is 11.0. The Bertz CT molecular complexity index is 562. The molecule has 1 fully saturated rings. The van der Waals surface area contributed by atoms with Crippen LogP contribution in [0.3, 0.4) is 0 Å². The Kier molecular flexibility index (Phi) is 5.83. The van der Waals surface area contributed by atoms with Crippen LogP contribution in [0.5, 0.6) is 0 Å². The number of hydrogen-bond donors (Lipinski definition) is 0. The molecule has 4 rings (SSSR count). The van der Waals surface area contributed by atoms with Crippen molar-refractivity contribution in [2.24, 2.45) is 0 Å². The van der Waals surface area contributed by atoms with Gasteiger partial charge in [-0.05, 0) is 46.5 Å². The Balaban J connectivity index is 0.000000210. The van der Waals surface area contributed by atoms with Crippen molar-refractivity contribution in [1.82, 2.24) is 0 Å². The number of rotatable bonds is 0. The molecule has 3 aromatic rings. The molecule has 1 aliphatic rings. The van der Waals surface area contributed by atoms with Gasteiger partial charge in [0.2, 0.25) is 0 Å². The Morgan fingerprint density at radius 3 is 1.20 bits per heavy atom. The van der Waals surface area contributed by atoms with Gasteiger partial charge in [-0.3, -0.25) is 0 Å². The summed E-state index contributed by atoms with van der Waals surface area (Å²) in [6.07, 6.45) is 2.56. The first-order chi connectivity index (χ1) is 9.43. The fraction of sp³-hybridized carbons (Fsp3) is 0.222. The van der Waals surface area contributed by atoms with E-state index in [4.69, 9.17) is 4.74 Å². The number of fused-ring (bicyclic) bond motifs is 2. The summed E-state index contributed by atoms with van der Waals surface area (Å²) in [4.78, 5) is 0. The predicted octanol–water partition coefficient (Wildman–Crippen LogP) is 3.87. The van der Waals surface area contributed by atoms with Crippen LogP contribution in [0.4, 0.5) is 0 Å². The maximum atomic E-state index is 4.94. The zero-order valence-electron chi connectivity index (χ0n) is 11.0. The van der Waals surface area contributed by atoms with E-state index in [-0.39, 0.29) is 23.1 Å². The van der Waals surface area contributed by atoms with E-state index in [0.29, 0.717) is 0 Å². The lowest BCUT2D eigenvalue weighted by atomic mass is 10.0. The predicted molar refractivity (Wildman–Crippen MR) is 90.1 cm³/mol. The summed E-state index contributed by atoms with van der Waals surface area (Å²) >= 11 is 0. The third-order valence-electron chi connectivity index (χ3n) is 3.44. The summed E-state index contributed by atoms with van der Waals surface area (Å²) in [6, 6.07) is 21.4. The minimum Gasteiger partial charge on any atom is -0.381 e. The molecule has 0 spiro atoms. The lowest BCUT2D eigenvalue weighted by Crippen LogP contribution is -1.74. The van der Waals surface area contributed by atoms with Crippen LogP contribution < -0.4 is 0 Å². The van der Waals surface area contributed by atoms with Gasteiger partial charge in [-0.2, -0.15) is 0 Å². The molecule has 0 amide bonds. The van der Waals surface area contributed by atoms with E-state index in [1.54, 1.807) is 0 Å². The second kappa shape index (κ2) is 7.63. The van der Waals surface area contributed by atoms with Gasteiger partial charge in [-0.15, -0.1) is 0 Å². The summed E-state index contributed by atoms with van der Waals surface area (Å²) in [5, 5.41) is 5.25. The van der Waals surface area contributed by atoms with E-state index >= 15 is 0 Å². The molecule has 2 heteroatoms. The average Bonchev–Trinajstić information content (AvgIpc) is 3.04. The molecule has 0 bridgehead atoms. The molecular formula is C18H20MgO. The minimum absolute atomic E-state index is 0. The van der Waals surface area contributed by atoms with Crippen molar-refractivity contribution in [3.63, 3.8) is 0 Å². The van der Waals surface area contributed by atoms with Gasteiger partial charge in [0.1, 0.15) is 0 Å². The van der Waals surface area contributed by atoms with E-state index < -0.39 is 0 Å². The van der Waals surface area contributed by atoms with E-state index in [9.17, 15) is 0 Å². The fourth-order valence-corrected chi connectivity index (χ4v) is 2.39. The van der Waals surface area contributed by atoms with Gasteiger partial charge in [0.25, 0.3) is 0 Å². The largest absolute Gasteiger partial charge is 0.381 e. The first-order valence-corrected chi connectivity index (χ1v) is 6.89. The molecule has 0 saturated carbocycles. The zero-order chi connectivity index (χ0) is 12.9. The molecule has 0 N–H and O–H groups in total. The minimum atomic E-state index is 0. The molecule has 20 heavy (non-hydrogen) atoms. The molecule has 0 radical (unpaired) electrons. The topological polar surface area (TPSA) is 9.23 Å². The summed E-state index contributed by atoms with van der Waals surface area (Å²) < 4.78 is 4.94. The highest BCUT2D eigenvalue weighted by atomic mass is 24.3. The first-order valence-electron chi connectivity index (χ1n) is 6.89. The normalized spacial score (nSPS) is 13.6. The van der Waals surface area contributed by atoms with E-state index in [1.807, 2.05) is 0 Å². The smallest absolute Gasteiger partial charge is 0.316 e. The first kappa shape index (κ1) is 15.3. The fourth-order valence-electron chi connectivity index (χ4n) is 2.39. The second-order valence-corrected chi connectivity index (χ2v) is 4.87. The number of benzene rings is 3. The molecule has 0 atom stereocenters. The standard InChI is InChI=1S/C14H10.C4H8O.Mg.2H/c1-2-6-12-10-14-8-4-3-7-13(14)9-11(12)5-1;1-2-4-5-3-1;;;/h1-10H;1-4H2;;;. The lowest BCUT2D eigenvalue weighted by molar-refractivity contribution is 0.198. The molecule has 1 nitrogen and oxygen atoms in total. The quantitative estimate of drug-likeness (QED) is 0.447. The van der Waals surface area contributed by atoms with Crippen LogP contribution in [-0.4, -0.2) is 36.3 Å². The Morgan fingerprint density at radius 2 is 0.950 bits per heavy atom. The molecule has 1 saturated heterocycles. The third-order valence-corrected chi connectivity index (χ3v) is 3.44. The molecule has 0 aliphatic carbocycles. The van der Waals surface area contributed by atoms with Crippen LogP contribution in [0.1, 0.15) is 12.8 Å². The van der Waals surface area contributed by atoms with Gasteiger partial charge < -0.3 is 4.74 Å². The third kappa shape index (κ3) is 3.72. The molecule has 0 aromatic heterocycles. The van der Waals surface area contributed by atoms with Gasteiger partial charge >= 0.3 is 23.1 Å². The summed E-state index contributed by atoms with van der Waals surface area (Å²) in [6.45, 7) is 2.00. The monoisotopic (exact) mass is 276 g/mol. The Hall–Kier alpha value is -1.09. The SMILES string of the molecule is C1CCOC1.[MgH2].c1ccc2cc3ccccc3cc2c1. The molecular weight excluding hydrogens is 257 g/mol. The Morgan fingerprint density at radius 1 is 0.600 bits per heavy atom. The Labute approximate surface area is 136 Å². The maximum absolute atomic E-state index is 4.94. The number of ether oxygens (including phenoxy) is 1. The van der Waals surface area contributed by atoms with E-state index in [1.165, 1.54) is 34.4 Å². The molecule has 100 valence electrons. The highest BCUT2D eigenvalue weighted by molar-refractivity contribution is 5.98. The highest BCUT2D eigenvalue weighted by Crippen LogP contribution is 2.21. The number of hydrogen-bond acceptors (Lipinski definition) is 1. The second-order valence-electron chi connectivity index (χ2n) is 4.87. The van der Waals surface area contributed by atoms with E-state index in [2.05, 4.69) is 60.7 Å². The van der Waals surface area contributed by atoms with Crippen molar-refractivity contribution >= 4 is 44.6 Å². The molecule has 3 aromatic carbocycles. The average molecular weight is 277 g/mol. The van der Waals surface area contributed by atoms with Crippen LogP contribution in [-0.2, 0) is 4.74 Å². The van der Waals surface area contributed by atoms with Gasteiger partial charge in [-0.25, -0.2) is 0 Å². The van der Waals surface area contributed by atoms with Gasteiger partial charge in [0.15, 0.2) is 0 Å². The van der Waals surface area contributed by atoms with Crippen molar-refractivity contribution in [1.29, 1.82) is 0 Å². The summed E-state index contributed by atoms with van der Waals surface area (Å²) in [5.74, 6) is 0. The van der Waals surface area contributed by atoms with Crippen LogP contribution in [0.2, 0.25) is 0 Å². The van der Waals surface area contributed by atoms with Crippen molar-refractivity contribution in [2.45, 2.75) is 12.8 Å². The summed E-state index contributed by atoms with van der Waals surface area (Å²) in [7, 11) is 0. The van der Waals surface area contributed by atoms with Crippen molar-refractivity contribution in [3.05, 3.63) is 60.7 Å². The summed E-state index contributed by atoms with van der Waals surface area (Å²) in [5.41, 5.74) is 0. The van der Waals surface area contributed by atoms with Gasteiger partial charge in [0, 0.05) is 13.2 Å². The highest BCUT2D eigenvalue weighted by Gasteiger charge is 1.95. The van der Waals surface area contributed by atoms with Crippen molar-refractivity contribution in [2.75, 3.05) is 13.2 Å². The van der Waals surface area contributed by atoms with Crippen LogP contribution in [0.25, 0.3) is 21.5 Å².